The minimum Gasteiger partial charge on any atom is -0.349 e. The average molecular weight is 310 g/mol. The Kier molecular flexibility index (Phi) is 4.14. The van der Waals surface area contributed by atoms with Gasteiger partial charge in [-0.3, -0.25) is 9.78 Å². The Bertz CT molecular complexity index is 860. The molecule has 2 aromatic heterocycles. The monoisotopic (exact) mass is 310 g/mol. The van der Waals surface area contributed by atoms with Gasteiger partial charge in [0.05, 0.1) is 18.1 Å². The van der Waals surface area contributed by atoms with E-state index in [4.69, 9.17) is 0 Å². The number of anilines is 2. The molecular formula is C17H15FN4O. The fourth-order valence-electron chi connectivity index (χ4n) is 2.26. The molecule has 0 saturated carbocycles. The van der Waals surface area contributed by atoms with Crippen LogP contribution >= 0.6 is 0 Å². The molecule has 0 radical (unpaired) electrons. The lowest BCUT2D eigenvalue weighted by Gasteiger charge is -2.13. The number of rotatable bonds is 4. The number of aromatic nitrogens is 3. The quantitative estimate of drug-likeness (QED) is 0.804. The maximum atomic E-state index is 13.1. The summed E-state index contributed by atoms with van der Waals surface area (Å²) in [4.78, 5) is 16.6. The van der Waals surface area contributed by atoms with Crippen LogP contribution in [0.2, 0.25) is 0 Å². The summed E-state index contributed by atoms with van der Waals surface area (Å²) in [6.45, 7) is 2.31. The molecule has 6 heteroatoms. The van der Waals surface area contributed by atoms with E-state index in [9.17, 15) is 9.18 Å². The first-order valence-electron chi connectivity index (χ1n) is 7.22. The molecule has 5 nitrogen and oxygen atoms in total. The molecule has 1 aromatic carbocycles. The number of pyridine rings is 1. The predicted octanol–water partition coefficient (Wildman–Crippen LogP) is 3.21. The summed E-state index contributed by atoms with van der Waals surface area (Å²) in [5, 5.41) is 7.25. The van der Waals surface area contributed by atoms with Gasteiger partial charge in [0.15, 0.2) is 0 Å². The van der Waals surface area contributed by atoms with Crippen molar-refractivity contribution in [2.75, 3.05) is 5.32 Å². The summed E-state index contributed by atoms with van der Waals surface area (Å²) in [5.74, 6) is -0.328. The van der Waals surface area contributed by atoms with Gasteiger partial charge >= 0.3 is 0 Å². The third kappa shape index (κ3) is 3.11. The summed E-state index contributed by atoms with van der Waals surface area (Å²) < 4.78 is 14.5. The molecule has 116 valence electrons. The number of hydrogen-bond donors (Lipinski definition) is 1. The topological polar surface area (TPSA) is 59.8 Å². The number of aryl methyl sites for hydroxylation is 1. The highest BCUT2D eigenvalue weighted by atomic mass is 19.1. The van der Waals surface area contributed by atoms with Crippen LogP contribution in [0.1, 0.15) is 6.92 Å². The van der Waals surface area contributed by atoms with Crippen molar-refractivity contribution in [3.8, 4) is 11.1 Å². The smallest absolute Gasteiger partial charge is 0.291 e. The molecule has 0 amide bonds. The second-order valence-corrected chi connectivity index (χ2v) is 4.93. The van der Waals surface area contributed by atoms with Crippen LogP contribution < -0.4 is 10.9 Å². The Morgan fingerprint density at radius 1 is 1.17 bits per heavy atom. The van der Waals surface area contributed by atoms with Gasteiger partial charge in [-0.1, -0.05) is 12.1 Å². The fourth-order valence-corrected chi connectivity index (χ4v) is 2.26. The Balaban J connectivity index is 2.14. The van der Waals surface area contributed by atoms with Gasteiger partial charge in [-0.15, -0.1) is 0 Å². The van der Waals surface area contributed by atoms with E-state index in [1.54, 1.807) is 36.8 Å². The third-order valence-corrected chi connectivity index (χ3v) is 3.43. The maximum Gasteiger partial charge on any atom is 0.291 e. The lowest BCUT2D eigenvalue weighted by atomic mass is 10.1. The van der Waals surface area contributed by atoms with E-state index in [0.29, 0.717) is 29.0 Å². The second-order valence-electron chi connectivity index (χ2n) is 4.93. The summed E-state index contributed by atoms with van der Waals surface area (Å²) >= 11 is 0. The Hall–Kier alpha value is -3.02. The zero-order valence-electron chi connectivity index (χ0n) is 12.5. The molecule has 1 N–H and O–H groups in total. The van der Waals surface area contributed by atoms with Crippen molar-refractivity contribution < 1.29 is 4.39 Å². The molecule has 0 fully saturated rings. The van der Waals surface area contributed by atoms with E-state index >= 15 is 0 Å². The largest absolute Gasteiger partial charge is 0.349 e. The summed E-state index contributed by atoms with van der Waals surface area (Å²) in [6, 6.07) is 9.55. The van der Waals surface area contributed by atoms with E-state index in [0.717, 1.165) is 0 Å². The number of nitrogens with zero attached hydrogens (tertiary/aromatic N) is 3. The van der Waals surface area contributed by atoms with Gasteiger partial charge in [0.1, 0.15) is 11.5 Å². The summed E-state index contributed by atoms with van der Waals surface area (Å²) in [6.07, 6.45) is 4.89. The number of hydrogen-bond acceptors (Lipinski definition) is 4. The van der Waals surface area contributed by atoms with Gasteiger partial charge in [-0.05, 0) is 36.8 Å². The molecule has 0 aliphatic carbocycles. The molecular weight excluding hydrogens is 295 g/mol. The first-order chi connectivity index (χ1) is 11.2. The molecule has 23 heavy (non-hydrogen) atoms. The predicted molar refractivity (Wildman–Crippen MR) is 87.1 cm³/mol. The van der Waals surface area contributed by atoms with E-state index in [2.05, 4.69) is 15.4 Å². The molecule has 0 saturated heterocycles. The van der Waals surface area contributed by atoms with E-state index in [1.165, 1.54) is 16.8 Å². The van der Waals surface area contributed by atoms with Crippen LogP contribution in [0.25, 0.3) is 11.1 Å². The highest BCUT2D eigenvalue weighted by molar-refractivity contribution is 5.79. The van der Waals surface area contributed by atoms with Gasteiger partial charge < -0.3 is 5.32 Å². The number of nitrogens with one attached hydrogen (secondary N) is 1. The zero-order valence-corrected chi connectivity index (χ0v) is 12.5. The Labute approximate surface area is 132 Å². The molecule has 0 spiro atoms. The lowest BCUT2D eigenvalue weighted by Crippen LogP contribution is -2.24. The average Bonchev–Trinajstić information content (AvgIpc) is 2.58. The Morgan fingerprint density at radius 3 is 2.61 bits per heavy atom. The minimum absolute atomic E-state index is 0.238. The van der Waals surface area contributed by atoms with Crippen LogP contribution in [-0.4, -0.2) is 14.8 Å². The van der Waals surface area contributed by atoms with Crippen LogP contribution in [-0.2, 0) is 6.54 Å². The van der Waals surface area contributed by atoms with Crippen molar-refractivity contribution in [3.05, 3.63) is 71.2 Å². The van der Waals surface area contributed by atoms with Crippen LogP contribution in [0.15, 0.2) is 59.8 Å². The van der Waals surface area contributed by atoms with Gasteiger partial charge in [0.25, 0.3) is 5.56 Å². The molecule has 0 aliphatic heterocycles. The molecule has 0 bridgehead atoms. The first-order valence-corrected chi connectivity index (χ1v) is 7.22. The van der Waals surface area contributed by atoms with E-state index in [-0.39, 0.29) is 11.4 Å². The summed E-state index contributed by atoms with van der Waals surface area (Å²) in [7, 11) is 0. The van der Waals surface area contributed by atoms with E-state index < -0.39 is 0 Å². The molecule has 0 aliphatic rings. The van der Waals surface area contributed by atoms with Crippen molar-refractivity contribution in [2.24, 2.45) is 0 Å². The zero-order chi connectivity index (χ0) is 16.2. The SMILES string of the molecule is CCn1ncc(-c2ccc(F)cc2)c(Nc2cccnc2)c1=O. The van der Waals surface area contributed by atoms with Crippen molar-refractivity contribution in [3.63, 3.8) is 0 Å². The highest BCUT2D eigenvalue weighted by Gasteiger charge is 2.13. The molecule has 0 unspecified atom stereocenters. The van der Waals surface area contributed by atoms with Crippen molar-refractivity contribution >= 4 is 11.4 Å². The van der Waals surface area contributed by atoms with Gasteiger partial charge in [0, 0.05) is 18.3 Å². The standard InChI is InChI=1S/C17H15FN4O/c1-2-22-17(23)16(21-14-4-3-9-19-10-14)15(11-20-22)12-5-7-13(18)8-6-12/h3-11,21H,2H2,1H3. The minimum atomic E-state index is -0.328. The number of benzene rings is 1. The van der Waals surface area contributed by atoms with Crippen molar-refractivity contribution in [1.82, 2.24) is 14.8 Å². The Morgan fingerprint density at radius 2 is 1.96 bits per heavy atom. The van der Waals surface area contributed by atoms with Crippen molar-refractivity contribution in [2.45, 2.75) is 13.5 Å². The molecule has 3 rings (SSSR count). The fraction of sp³-hybridized carbons (Fsp3) is 0.118. The van der Waals surface area contributed by atoms with Gasteiger partial charge in [0.2, 0.25) is 0 Å². The number of halogens is 1. The normalized spacial score (nSPS) is 10.5. The van der Waals surface area contributed by atoms with Crippen LogP contribution in [0.3, 0.4) is 0 Å². The van der Waals surface area contributed by atoms with Crippen molar-refractivity contribution in [1.29, 1.82) is 0 Å². The van der Waals surface area contributed by atoms with Crippen LogP contribution in [0.5, 0.6) is 0 Å². The van der Waals surface area contributed by atoms with E-state index in [1.807, 2.05) is 13.0 Å². The molecule has 3 aromatic rings. The molecule has 2 heterocycles. The molecule has 0 atom stereocenters. The van der Waals surface area contributed by atoms with Gasteiger partial charge in [-0.25, -0.2) is 9.07 Å². The van der Waals surface area contributed by atoms with Gasteiger partial charge in [-0.2, -0.15) is 5.10 Å². The highest BCUT2D eigenvalue weighted by Crippen LogP contribution is 2.26. The summed E-state index contributed by atoms with van der Waals surface area (Å²) in [5.41, 5.74) is 2.18. The van der Waals surface area contributed by atoms with Crippen LogP contribution in [0.4, 0.5) is 15.8 Å². The lowest BCUT2D eigenvalue weighted by molar-refractivity contribution is 0.618. The third-order valence-electron chi connectivity index (χ3n) is 3.43. The maximum absolute atomic E-state index is 13.1. The second kappa shape index (κ2) is 6.39. The van der Waals surface area contributed by atoms with Crippen LogP contribution in [0, 0.1) is 5.82 Å². The first kappa shape index (κ1) is 14.9.